The number of piperidine rings is 1. The molecule has 100 valence electrons. The van der Waals surface area contributed by atoms with Crippen LogP contribution in [0, 0.1) is 0 Å². The van der Waals surface area contributed by atoms with Gasteiger partial charge >= 0.3 is 0 Å². The Morgan fingerprint density at radius 2 is 2.39 bits per heavy atom. The number of allylic oxidation sites excluding steroid dienone is 1. The van der Waals surface area contributed by atoms with Gasteiger partial charge in [-0.15, -0.1) is 11.7 Å². The number of thioether (sulfide) groups is 1. The number of nitrogens with zero attached hydrogens (tertiary/aromatic N) is 5. The number of hydrogen-bond acceptors (Lipinski definition) is 5. The van der Waals surface area contributed by atoms with E-state index in [2.05, 4.69) is 34.1 Å². The lowest BCUT2D eigenvalue weighted by molar-refractivity contribution is 0.182. The first-order valence-corrected chi connectivity index (χ1v) is 7.50. The zero-order valence-electron chi connectivity index (χ0n) is 11.0. The van der Waals surface area contributed by atoms with Gasteiger partial charge in [-0.2, -0.15) is 0 Å². The highest BCUT2D eigenvalue weighted by molar-refractivity contribution is 7.99. The molecule has 18 heavy (non-hydrogen) atoms. The van der Waals surface area contributed by atoms with E-state index >= 15 is 0 Å². The number of rotatable bonds is 6. The highest BCUT2D eigenvalue weighted by Gasteiger charge is 2.18. The Balaban J connectivity index is 1.77. The fourth-order valence-corrected chi connectivity index (χ4v) is 3.26. The van der Waals surface area contributed by atoms with E-state index < -0.39 is 0 Å². The minimum atomic E-state index is 0.679. The van der Waals surface area contributed by atoms with Crippen molar-refractivity contribution >= 4 is 11.8 Å². The van der Waals surface area contributed by atoms with E-state index in [1.807, 2.05) is 6.08 Å². The highest BCUT2D eigenvalue weighted by Crippen LogP contribution is 2.22. The van der Waals surface area contributed by atoms with Gasteiger partial charge in [0.1, 0.15) is 0 Å². The number of likely N-dealkylation sites (tertiary alicyclic amines) is 1. The van der Waals surface area contributed by atoms with Crippen LogP contribution in [-0.2, 0) is 6.54 Å². The summed E-state index contributed by atoms with van der Waals surface area (Å²) < 4.78 is 1.79. The van der Waals surface area contributed by atoms with Gasteiger partial charge in [-0.1, -0.05) is 24.3 Å². The quantitative estimate of drug-likeness (QED) is 0.581. The normalized spacial score (nSPS) is 21.1. The SMILES string of the molecule is C=CCn1nnnc1SCC[C@@H]1CCCCN1C. The van der Waals surface area contributed by atoms with Crippen molar-refractivity contribution in [3.63, 3.8) is 0 Å². The molecular formula is C12H21N5S. The summed E-state index contributed by atoms with van der Waals surface area (Å²) in [4.78, 5) is 2.48. The van der Waals surface area contributed by atoms with Gasteiger partial charge in [0.25, 0.3) is 0 Å². The molecule has 1 aromatic heterocycles. The Bertz CT molecular complexity index is 378. The summed E-state index contributed by atoms with van der Waals surface area (Å²) in [5.41, 5.74) is 0. The highest BCUT2D eigenvalue weighted by atomic mass is 32.2. The Hall–Kier alpha value is -0.880. The summed E-state index contributed by atoms with van der Waals surface area (Å²) in [6.45, 7) is 5.63. The van der Waals surface area contributed by atoms with Gasteiger partial charge in [-0.25, -0.2) is 4.68 Å². The monoisotopic (exact) mass is 267 g/mol. The minimum Gasteiger partial charge on any atom is -0.303 e. The lowest BCUT2D eigenvalue weighted by atomic mass is 10.0. The van der Waals surface area contributed by atoms with Crippen LogP contribution in [0.2, 0.25) is 0 Å². The molecule has 0 N–H and O–H groups in total. The fourth-order valence-electron chi connectivity index (χ4n) is 2.33. The lowest BCUT2D eigenvalue weighted by Crippen LogP contribution is -2.36. The summed E-state index contributed by atoms with van der Waals surface area (Å²) in [6, 6.07) is 0.731. The van der Waals surface area contributed by atoms with E-state index in [-0.39, 0.29) is 0 Å². The van der Waals surface area contributed by atoms with E-state index in [1.54, 1.807) is 16.4 Å². The first-order chi connectivity index (χ1) is 8.81. The molecule has 0 unspecified atom stereocenters. The third-order valence-corrected chi connectivity index (χ3v) is 4.40. The van der Waals surface area contributed by atoms with Crippen LogP contribution in [-0.4, -0.2) is 50.5 Å². The second kappa shape index (κ2) is 6.89. The summed E-state index contributed by atoms with van der Waals surface area (Å²) in [6.07, 6.45) is 7.07. The van der Waals surface area contributed by atoms with Crippen molar-refractivity contribution in [2.24, 2.45) is 0 Å². The van der Waals surface area contributed by atoms with Gasteiger partial charge in [0, 0.05) is 11.8 Å². The smallest absolute Gasteiger partial charge is 0.209 e. The molecule has 0 bridgehead atoms. The van der Waals surface area contributed by atoms with Crippen LogP contribution < -0.4 is 0 Å². The second-order valence-electron chi connectivity index (χ2n) is 4.70. The van der Waals surface area contributed by atoms with Crippen molar-refractivity contribution in [1.82, 2.24) is 25.1 Å². The van der Waals surface area contributed by atoms with Crippen molar-refractivity contribution in [3.8, 4) is 0 Å². The van der Waals surface area contributed by atoms with Crippen LogP contribution in [0.4, 0.5) is 0 Å². The van der Waals surface area contributed by atoms with Crippen molar-refractivity contribution < 1.29 is 0 Å². The summed E-state index contributed by atoms with van der Waals surface area (Å²) >= 11 is 1.74. The molecule has 0 spiro atoms. The van der Waals surface area contributed by atoms with Crippen LogP contribution in [0.5, 0.6) is 0 Å². The molecule has 6 heteroatoms. The Kier molecular flexibility index (Phi) is 5.19. The molecule has 2 rings (SSSR count). The molecule has 0 aliphatic carbocycles. The number of tetrazole rings is 1. The molecule has 0 aromatic carbocycles. The minimum absolute atomic E-state index is 0.679. The van der Waals surface area contributed by atoms with Crippen molar-refractivity contribution in [3.05, 3.63) is 12.7 Å². The second-order valence-corrected chi connectivity index (χ2v) is 5.76. The third-order valence-electron chi connectivity index (χ3n) is 3.40. The maximum absolute atomic E-state index is 4.04. The predicted octanol–water partition coefficient (Wildman–Crippen LogP) is 1.83. The number of aromatic nitrogens is 4. The first kappa shape index (κ1) is 13.5. The van der Waals surface area contributed by atoms with Gasteiger partial charge in [0.2, 0.25) is 5.16 Å². The van der Waals surface area contributed by atoms with Gasteiger partial charge in [0.05, 0.1) is 6.54 Å². The summed E-state index contributed by atoms with van der Waals surface area (Å²) in [7, 11) is 2.23. The van der Waals surface area contributed by atoms with E-state index in [9.17, 15) is 0 Å². The molecule has 1 atom stereocenters. The molecule has 2 heterocycles. The van der Waals surface area contributed by atoms with E-state index in [4.69, 9.17) is 0 Å². The predicted molar refractivity (Wildman–Crippen MR) is 73.6 cm³/mol. The Morgan fingerprint density at radius 1 is 1.50 bits per heavy atom. The van der Waals surface area contributed by atoms with E-state index in [0.29, 0.717) is 6.54 Å². The number of hydrogen-bond donors (Lipinski definition) is 0. The Morgan fingerprint density at radius 3 is 3.17 bits per heavy atom. The topological polar surface area (TPSA) is 46.8 Å². The molecule has 0 radical (unpaired) electrons. The van der Waals surface area contributed by atoms with Gasteiger partial charge in [-0.3, -0.25) is 0 Å². The third kappa shape index (κ3) is 3.55. The van der Waals surface area contributed by atoms with Crippen LogP contribution >= 0.6 is 11.8 Å². The van der Waals surface area contributed by atoms with Gasteiger partial charge in [0.15, 0.2) is 0 Å². The molecule has 5 nitrogen and oxygen atoms in total. The van der Waals surface area contributed by atoms with Crippen molar-refractivity contribution in [2.75, 3.05) is 19.3 Å². The molecule has 0 saturated carbocycles. The van der Waals surface area contributed by atoms with Crippen molar-refractivity contribution in [1.29, 1.82) is 0 Å². The van der Waals surface area contributed by atoms with Gasteiger partial charge in [-0.05, 0) is 43.3 Å². The molecule has 1 fully saturated rings. The molecule has 0 amide bonds. The lowest BCUT2D eigenvalue weighted by Gasteiger charge is -2.32. The first-order valence-electron chi connectivity index (χ1n) is 6.51. The average Bonchev–Trinajstić information content (AvgIpc) is 2.80. The van der Waals surface area contributed by atoms with Crippen LogP contribution in [0.25, 0.3) is 0 Å². The van der Waals surface area contributed by atoms with E-state index in [0.717, 1.165) is 17.0 Å². The summed E-state index contributed by atoms with van der Waals surface area (Å²) in [5.74, 6) is 1.08. The van der Waals surface area contributed by atoms with Gasteiger partial charge < -0.3 is 4.90 Å². The molecule has 1 saturated heterocycles. The van der Waals surface area contributed by atoms with Crippen LogP contribution in [0.15, 0.2) is 17.8 Å². The van der Waals surface area contributed by atoms with E-state index in [1.165, 1.54) is 32.2 Å². The summed E-state index contributed by atoms with van der Waals surface area (Å²) in [5, 5.41) is 12.6. The zero-order chi connectivity index (χ0) is 12.8. The average molecular weight is 267 g/mol. The fraction of sp³-hybridized carbons (Fsp3) is 0.750. The zero-order valence-corrected chi connectivity index (χ0v) is 11.8. The molecule has 1 aliphatic heterocycles. The maximum atomic E-state index is 4.04. The molecular weight excluding hydrogens is 246 g/mol. The largest absolute Gasteiger partial charge is 0.303 e. The molecule has 1 aliphatic rings. The van der Waals surface area contributed by atoms with Crippen molar-refractivity contribution in [2.45, 2.75) is 43.4 Å². The van der Waals surface area contributed by atoms with Crippen LogP contribution in [0.3, 0.4) is 0 Å². The molecule has 1 aromatic rings. The van der Waals surface area contributed by atoms with Crippen LogP contribution in [0.1, 0.15) is 25.7 Å². The standard InChI is InChI=1S/C12H21N5S/c1-3-8-17-12(13-14-15-17)18-10-7-11-6-4-5-9-16(11)2/h3,11H,1,4-10H2,2H3/t11-/m0/s1. The Labute approximate surface area is 113 Å². The maximum Gasteiger partial charge on any atom is 0.209 e.